The van der Waals surface area contributed by atoms with Crippen LogP contribution in [0.15, 0.2) is 48.5 Å². The Hall–Kier alpha value is -2.82. The molecule has 1 saturated heterocycles. The number of hydrogen-bond donors (Lipinski definition) is 1. The van der Waals surface area contributed by atoms with Crippen LogP contribution >= 0.6 is 0 Å². The molecule has 1 heterocycles. The fraction of sp³-hybridized carbons (Fsp3) is 0.364. The quantitative estimate of drug-likeness (QED) is 0.811. The van der Waals surface area contributed by atoms with Crippen LogP contribution in [0.1, 0.15) is 42.1 Å². The predicted octanol–water partition coefficient (Wildman–Crippen LogP) is 3.78. The summed E-state index contributed by atoms with van der Waals surface area (Å²) in [5.41, 5.74) is 1.54. The van der Waals surface area contributed by atoms with Gasteiger partial charge in [-0.05, 0) is 55.2 Å². The minimum Gasteiger partial charge on any atom is -0.457 e. The van der Waals surface area contributed by atoms with Gasteiger partial charge in [-0.25, -0.2) is 0 Å². The second-order valence-electron chi connectivity index (χ2n) is 6.76. The third-order valence-corrected chi connectivity index (χ3v) is 4.67. The molecule has 5 nitrogen and oxygen atoms in total. The van der Waals surface area contributed by atoms with E-state index in [0.29, 0.717) is 5.56 Å². The summed E-state index contributed by atoms with van der Waals surface area (Å²) in [6, 6.07) is 15.0. The molecule has 0 spiro atoms. The van der Waals surface area contributed by atoms with Gasteiger partial charge in [0.1, 0.15) is 11.5 Å². The summed E-state index contributed by atoms with van der Waals surface area (Å²) >= 11 is 0. The largest absolute Gasteiger partial charge is 0.457 e. The molecule has 1 aliphatic heterocycles. The molecule has 0 atom stereocenters. The van der Waals surface area contributed by atoms with Crippen molar-refractivity contribution < 1.29 is 14.3 Å². The van der Waals surface area contributed by atoms with Gasteiger partial charge in [-0.3, -0.25) is 9.59 Å². The third kappa shape index (κ3) is 5.09. The Morgan fingerprint density at radius 3 is 2.52 bits per heavy atom. The van der Waals surface area contributed by atoms with Crippen LogP contribution in [0.3, 0.4) is 0 Å². The van der Waals surface area contributed by atoms with Gasteiger partial charge in [-0.15, -0.1) is 0 Å². The summed E-state index contributed by atoms with van der Waals surface area (Å²) in [5, 5.41) is 2.74. The van der Waals surface area contributed by atoms with E-state index < -0.39 is 0 Å². The number of benzene rings is 2. The number of nitrogens with one attached hydrogen (secondary N) is 1. The Morgan fingerprint density at radius 1 is 1.07 bits per heavy atom. The van der Waals surface area contributed by atoms with E-state index in [9.17, 15) is 9.59 Å². The smallest absolute Gasteiger partial charge is 0.251 e. The molecule has 3 rings (SSSR count). The molecular weight excluding hydrogens is 340 g/mol. The SMILES string of the molecule is CCCc1cc(C(=O)NCC(=O)N2CCCC2)ccc1Oc1ccccc1. The number of likely N-dealkylation sites (tertiary alicyclic amines) is 1. The minimum atomic E-state index is -0.230. The molecule has 1 N–H and O–H groups in total. The highest BCUT2D eigenvalue weighted by Crippen LogP contribution is 2.27. The maximum Gasteiger partial charge on any atom is 0.251 e. The summed E-state index contributed by atoms with van der Waals surface area (Å²) in [5.74, 6) is 1.28. The van der Waals surface area contributed by atoms with Gasteiger partial charge in [0.2, 0.25) is 5.91 Å². The maximum absolute atomic E-state index is 12.5. The number of para-hydroxylation sites is 1. The summed E-state index contributed by atoms with van der Waals surface area (Å²) in [6.45, 7) is 3.72. The van der Waals surface area contributed by atoms with Crippen LogP contribution < -0.4 is 10.1 Å². The van der Waals surface area contributed by atoms with Crippen molar-refractivity contribution in [3.63, 3.8) is 0 Å². The summed E-state index contributed by atoms with van der Waals surface area (Å²) in [4.78, 5) is 26.4. The lowest BCUT2D eigenvalue weighted by Crippen LogP contribution is -2.38. The van der Waals surface area contributed by atoms with Crippen molar-refractivity contribution in [2.45, 2.75) is 32.6 Å². The van der Waals surface area contributed by atoms with Gasteiger partial charge in [-0.1, -0.05) is 31.5 Å². The van der Waals surface area contributed by atoms with E-state index in [0.717, 1.165) is 55.8 Å². The Kier molecular flexibility index (Phi) is 6.47. The second kappa shape index (κ2) is 9.21. The molecule has 0 saturated carbocycles. The molecule has 27 heavy (non-hydrogen) atoms. The highest BCUT2D eigenvalue weighted by atomic mass is 16.5. The Labute approximate surface area is 160 Å². The van der Waals surface area contributed by atoms with E-state index >= 15 is 0 Å². The number of carbonyl (C=O) groups excluding carboxylic acids is 2. The number of rotatable bonds is 7. The molecule has 0 aliphatic carbocycles. The zero-order valence-electron chi connectivity index (χ0n) is 15.7. The van der Waals surface area contributed by atoms with Crippen LogP contribution in [0.25, 0.3) is 0 Å². The van der Waals surface area contributed by atoms with Crippen molar-refractivity contribution in [2.24, 2.45) is 0 Å². The van der Waals surface area contributed by atoms with Crippen molar-refractivity contribution in [1.29, 1.82) is 0 Å². The molecule has 1 fully saturated rings. The molecule has 0 aromatic heterocycles. The number of hydrogen-bond acceptors (Lipinski definition) is 3. The molecular formula is C22H26N2O3. The maximum atomic E-state index is 12.5. The summed E-state index contributed by atoms with van der Waals surface area (Å²) < 4.78 is 5.97. The van der Waals surface area contributed by atoms with Crippen molar-refractivity contribution in [3.05, 3.63) is 59.7 Å². The van der Waals surface area contributed by atoms with Gasteiger partial charge < -0.3 is 15.0 Å². The predicted molar refractivity (Wildman–Crippen MR) is 105 cm³/mol. The lowest BCUT2D eigenvalue weighted by Gasteiger charge is -2.16. The van der Waals surface area contributed by atoms with E-state index in [4.69, 9.17) is 4.74 Å². The first kappa shape index (κ1) is 19.0. The fourth-order valence-electron chi connectivity index (χ4n) is 3.24. The monoisotopic (exact) mass is 366 g/mol. The van der Waals surface area contributed by atoms with Crippen molar-refractivity contribution in [1.82, 2.24) is 10.2 Å². The van der Waals surface area contributed by atoms with Crippen LogP contribution in [-0.4, -0.2) is 36.3 Å². The number of aryl methyl sites for hydroxylation is 1. The molecule has 2 aromatic carbocycles. The Morgan fingerprint density at radius 2 is 1.81 bits per heavy atom. The summed E-state index contributed by atoms with van der Waals surface area (Å²) in [7, 11) is 0. The highest BCUT2D eigenvalue weighted by Gasteiger charge is 2.19. The molecule has 0 bridgehead atoms. The van der Waals surface area contributed by atoms with Gasteiger partial charge in [-0.2, -0.15) is 0 Å². The average molecular weight is 366 g/mol. The van der Waals surface area contributed by atoms with Crippen LogP contribution in [-0.2, 0) is 11.2 Å². The highest BCUT2D eigenvalue weighted by molar-refractivity contribution is 5.96. The number of carbonyl (C=O) groups is 2. The number of amides is 2. The van der Waals surface area contributed by atoms with Crippen molar-refractivity contribution in [3.8, 4) is 11.5 Å². The van der Waals surface area contributed by atoms with E-state index in [1.54, 1.807) is 11.0 Å². The molecule has 2 amide bonds. The number of nitrogens with zero attached hydrogens (tertiary/aromatic N) is 1. The van der Waals surface area contributed by atoms with Crippen molar-refractivity contribution >= 4 is 11.8 Å². The van der Waals surface area contributed by atoms with E-state index in [-0.39, 0.29) is 18.4 Å². The molecule has 1 aliphatic rings. The zero-order valence-corrected chi connectivity index (χ0v) is 15.7. The molecule has 5 heteroatoms. The first-order chi connectivity index (χ1) is 13.2. The van der Waals surface area contributed by atoms with Gasteiger partial charge >= 0.3 is 0 Å². The topological polar surface area (TPSA) is 58.6 Å². The second-order valence-corrected chi connectivity index (χ2v) is 6.76. The molecule has 142 valence electrons. The fourth-order valence-corrected chi connectivity index (χ4v) is 3.24. The number of ether oxygens (including phenoxy) is 1. The van der Waals surface area contributed by atoms with Gasteiger partial charge in [0.15, 0.2) is 0 Å². The minimum absolute atomic E-state index is 0.0151. The standard InChI is InChI=1S/C22H26N2O3/c1-2-8-17-15-18(11-12-20(17)27-19-9-4-3-5-10-19)22(26)23-16-21(25)24-13-6-7-14-24/h3-5,9-12,15H,2,6-8,13-14,16H2,1H3,(H,23,26). The average Bonchev–Trinajstić information content (AvgIpc) is 3.23. The van der Waals surface area contributed by atoms with Gasteiger partial charge in [0.25, 0.3) is 5.91 Å². The van der Waals surface area contributed by atoms with E-state index in [2.05, 4.69) is 12.2 Å². The van der Waals surface area contributed by atoms with Crippen molar-refractivity contribution in [2.75, 3.05) is 19.6 Å². The van der Waals surface area contributed by atoms with E-state index in [1.165, 1.54) is 0 Å². The van der Waals surface area contributed by atoms with Gasteiger partial charge in [0, 0.05) is 18.7 Å². The molecule has 2 aromatic rings. The molecule has 0 radical (unpaired) electrons. The van der Waals surface area contributed by atoms with Crippen LogP contribution in [0.5, 0.6) is 11.5 Å². The van der Waals surface area contributed by atoms with Crippen LogP contribution in [0, 0.1) is 0 Å². The zero-order chi connectivity index (χ0) is 19.1. The normalized spacial score (nSPS) is 13.4. The van der Waals surface area contributed by atoms with E-state index in [1.807, 2.05) is 42.5 Å². The first-order valence-electron chi connectivity index (χ1n) is 9.59. The summed E-state index contributed by atoms with van der Waals surface area (Å²) in [6.07, 6.45) is 3.85. The first-order valence-corrected chi connectivity index (χ1v) is 9.59. The van der Waals surface area contributed by atoms with Gasteiger partial charge in [0.05, 0.1) is 6.54 Å². The third-order valence-electron chi connectivity index (χ3n) is 4.67. The lowest BCUT2D eigenvalue weighted by molar-refractivity contribution is -0.129. The lowest BCUT2D eigenvalue weighted by atomic mass is 10.0. The Balaban J connectivity index is 1.67. The molecule has 0 unspecified atom stereocenters. The Bertz CT molecular complexity index is 783. The van der Waals surface area contributed by atoms with Crippen LogP contribution in [0.4, 0.5) is 0 Å². The van der Waals surface area contributed by atoms with Crippen LogP contribution in [0.2, 0.25) is 0 Å².